The summed E-state index contributed by atoms with van der Waals surface area (Å²) >= 11 is 0. The zero-order chi connectivity index (χ0) is 12.4. The minimum atomic E-state index is 0.837. The van der Waals surface area contributed by atoms with Crippen LogP contribution in [-0.2, 0) is 13.1 Å². The third-order valence-electron chi connectivity index (χ3n) is 3.96. The topological polar surface area (TPSA) is 63.2 Å². The number of aromatic nitrogens is 3. The normalized spacial score (nSPS) is 22.0. The average molecular weight is 250 g/mol. The van der Waals surface area contributed by atoms with Crippen molar-refractivity contribution in [3.05, 3.63) is 11.6 Å². The molecule has 2 N–H and O–H groups in total. The van der Waals surface area contributed by atoms with Crippen LogP contribution < -0.4 is 5.84 Å². The Kier molecular flexibility index (Phi) is 3.47. The molecule has 0 amide bonds. The molecule has 0 saturated carbocycles. The van der Waals surface area contributed by atoms with Gasteiger partial charge in [0.25, 0.3) is 0 Å². The fourth-order valence-electron chi connectivity index (χ4n) is 2.86. The second kappa shape index (κ2) is 5.24. The third kappa shape index (κ3) is 2.49. The number of hydrogen-bond donors (Lipinski definition) is 1. The van der Waals surface area contributed by atoms with Crippen LogP contribution in [0.4, 0.5) is 0 Å². The van der Waals surface area contributed by atoms with Crippen LogP contribution >= 0.6 is 0 Å². The quantitative estimate of drug-likeness (QED) is 0.773. The highest BCUT2D eigenvalue weighted by Crippen LogP contribution is 2.13. The van der Waals surface area contributed by atoms with Crippen molar-refractivity contribution in [3.63, 3.8) is 0 Å². The Labute approximate surface area is 108 Å². The van der Waals surface area contributed by atoms with Gasteiger partial charge in [-0.25, -0.2) is 4.68 Å². The van der Waals surface area contributed by atoms with Gasteiger partial charge in [-0.3, -0.25) is 9.80 Å². The van der Waals surface area contributed by atoms with Crippen molar-refractivity contribution in [1.82, 2.24) is 24.7 Å². The van der Waals surface area contributed by atoms with Gasteiger partial charge in [-0.05, 0) is 51.9 Å². The van der Waals surface area contributed by atoms with Gasteiger partial charge in [-0.2, -0.15) is 0 Å². The zero-order valence-corrected chi connectivity index (χ0v) is 10.9. The Morgan fingerprint density at radius 1 is 0.778 bits per heavy atom. The van der Waals surface area contributed by atoms with Gasteiger partial charge in [-0.1, -0.05) is 0 Å². The molecule has 3 heterocycles. The van der Waals surface area contributed by atoms with E-state index in [1.807, 2.05) is 0 Å². The molecule has 3 rings (SSSR count). The molecule has 1 aromatic rings. The van der Waals surface area contributed by atoms with Crippen molar-refractivity contribution in [2.45, 2.75) is 38.8 Å². The van der Waals surface area contributed by atoms with Gasteiger partial charge < -0.3 is 5.84 Å². The van der Waals surface area contributed by atoms with Crippen LogP contribution in [0.2, 0.25) is 0 Å². The molecule has 0 unspecified atom stereocenters. The molecule has 18 heavy (non-hydrogen) atoms. The molecule has 0 aromatic carbocycles. The lowest BCUT2D eigenvalue weighted by molar-refractivity contribution is 0.311. The highest BCUT2D eigenvalue weighted by Gasteiger charge is 2.19. The minimum absolute atomic E-state index is 0.837. The fourth-order valence-corrected chi connectivity index (χ4v) is 2.86. The lowest BCUT2D eigenvalue weighted by Gasteiger charge is -2.15. The number of nitrogen functional groups attached to an aromatic ring is 1. The Morgan fingerprint density at radius 3 is 1.56 bits per heavy atom. The van der Waals surface area contributed by atoms with Gasteiger partial charge in [0.05, 0.1) is 13.1 Å². The molecule has 0 atom stereocenters. The van der Waals surface area contributed by atoms with Gasteiger partial charge in [0.15, 0.2) is 11.6 Å². The van der Waals surface area contributed by atoms with E-state index in [0.717, 1.165) is 50.9 Å². The van der Waals surface area contributed by atoms with E-state index in [4.69, 9.17) is 5.84 Å². The van der Waals surface area contributed by atoms with Crippen LogP contribution in [0.15, 0.2) is 0 Å². The first kappa shape index (κ1) is 11.9. The van der Waals surface area contributed by atoms with Crippen molar-refractivity contribution in [2.24, 2.45) is 0 Å². The molecule has 2 fully saturated rings. The first-order chi connectivity index (χ1) is 8.83. The predicted octanol–water partition coefficient (Wildman–Crippen LogP) is 0.183. The van der Waals surface area contributed by atoms with Crippen LogP contribution in [0.3, 0.4) is 0 Å². The molecule has 0 bridgehead atoms. The van der Waals surface area contributed by atoms with E-state index in [0.29, 0.717) is 0 Å². The molecule has 2 saturated heterocycles. The van der Waals surface area contributed by atoms with Gasteiger partial charge in [0, 0.05) is 0 Å². The van der Waals surface area contributed by atoms with Crippen molar-refractivity contribution >= 4 is 0 Å². The smallest absolute Gasteiger partial charge is 0.165 e. The van der Waals surface area contributed by atoms with Crippen LogP contribution in [-0.4, -0.2) is 50.9 Å². The maximum atomic E-state index is 6.10. The van der Waals surface area contributed by atoms with Gasteiger partial charge >= 0.3 is 0 Å². The molecule has 0 spiro atoms. The largest absolute Gasteiger partial charge is 0.336 e. The zero-order valence-electron chi connectivity index (χ0n) is 10.9. The van der Waals surface area contributed by atoms with Gasteiger partial charge in [0.2, 0.25) is 0 Å². The Hall–Kier alpha value is -1.14. The van der Waals surface area contributed by atoms with E-state index in [9.17, 15) is 0 Å². The van der Waals surface area contributed by atoms with Crippen molar-refractivity contribution < 1.29 is 0 Å². The maximum Gasteiger partial charge on any atom is 0.165 e. The van der Waals surface area contributed by atoms with E-state index in [1.54, 1.807) is 4.68 Å². The second-order valence-electron chi connectivity index (χ2n) is 5.37. The number of hydrogen-bond acceptors (Lipinski definition) is 5. The van der Waals surface area contributed by atoms with Gasteiger partial charge in [-0.15, -0.1) is 10.2 Å². The summed E-state index contributed by atoms with van der Waals surface area (Å²) in [4.78, 5) is 4.79. The van der Waals surface area contributed by atoms with Crippen LogP contribution in [0, 0.1) is 0 Å². The summed E-state index contributed by atoms with van der Waals surface area (Å²) in [5, 5.41) is 8.48. The molecule has 6 heteroatoms. The molecule has 1 aromatic heterocycles. The van der Waals surface area contributed by atoms with Crippen molar-refractivity contribution in [1.29, 1.82) is 0 Å². The predicted molar refractivity (Wildman–Crippen MR) is 69.2 cm³/mol. The van der Waals surface area contributed by atoms with Gasteiger partial charge in [0.1, 0.15) is 0 Å². The highest BCUT2D eigenvalue weighted by molar-refractivity contribution is 4.97. The molecular formula is C12H22N6. The van der Waals surface area contributed by atoms with Crippen LogP contribution in [0.25, 0.3) is 0 Å². The fraction of sp³-hybridized carbons (Fsp3) is 0.833. The lowest BCUT2D eigenvalue weighted by atomic mass is 10.4. The number of nitrogens with zero attached hydrogens (tertiary/aromatic N) is 5. The molecular weight excluding hydrogens is 228 g/mol. The molecule has 0 aliphatic carbocycles. The van der Waals surface area contributed by atoms with Crippen LogP contribution in [0.5, 0.6) is 0 Å². The van der Waals surface area contributed by atoms with Crippen molar-refractivity contribution in [3.8, 4) is 0 Å². The number of likely N-dealkylation sites (tertiary alicyclic amines) is 2. The van der Waals surface area contributed by atoms with E-state index in [-0.39, 0.29) is 0 Å². The monoisotopic (exact) mass is 250 g/mol. The SMILES string of the molecule is Nn1c(CN2CCCC2)nnc1CN1CCCC1. The van der Waals surface area contributed by atoms with E-state index >= 15 is 0 Å². The summed E-state index contributed by atoms with van der Waals surface area (Å²) in [5.41, 5.74) is 0. The summed E-state index contributed by atoms with van der Waals surface area (Å²) in [7, 11) is 0. The number of nitrogens with two attached hydrogens (primary N) is 1. The molecule has 6 nitrogen and oxygen atoms in total. The second-order valence-corrected chi connectivity index (χ2v) is 5.37. The van der Waals surface area contributed by atoms with Crippen molar-refractivity contribution in [2.75, 3.05) is 32.0 Å². The summed E-state index contributed by atoms with van der Waals surface area (Å²) < 4.78 is 1.69. The first-order valence-electron chi connectivity index (χ1n) is 6.96. The summed E-state index contributed by atoms with van der Waals surface area (Å²) in [5.74, 6) is 7.89. The summed E-state index contributed by atoms with van der Waals surface area (Å²) in [6.07, 6.45) is 5.16. The molecule has 2 aliphatic heterocycles. The number of rotatable bonds is 4. The summed E-state index contributed by atoms with van der Waals surface area (Å²) in [6.45, 7) is 6.32. The summed E-state index contributed by atoms with van der Waals surface area (Å²) in [6, 6.07) is 0. The Morgan fingerprint density at radius 2 is 1.17 bits per heavy atom. The molecule has 2 aliphatic rings. The highest BCUT2D eigenvalue weighted by atomic mass is 15.4. The van der Waals surface area contributed by atoms with E-state index in [1.165, 1.54) is 25.7 Å². The van der Waals surface area contributed by atoms with E-state index < -0.39 is 0 Å². The Bertz CT molecular complexity index is 354. The average Bonchev–Trinajstić information content (AvgIpc) is 3.08. The lowest BCUT2D eigenvalue weighted by Crippen LogP contribution is -2.27. The van der Waals surface area contributed by atoms with Crippen LogP contribution in [0.1, 0.15) is 37.3 Å². The minimum Gasteiger partial charge on any atom is -0.336 e. The van der Waals surface area contributed by atoms with E-state index in [2.05, 4.69) is 20.0 Å². The first-order valence-corrected chi connectivity index (χ1v) is 6.96. The maximum absolute atomic E-state index is 6.10. The Balaban J connectivity index is 1.63. The standard InChI is InChI=1S/C12H22N6/c13-18-11(9-16-5-1-2-6-16)14-15-12(18)10-17-7-3-4-8-17/h1-10,13H2. The molecule has 0 radical (unpaired) electrons. The molecule has 100 valence electrons. The third-order valence-corrected chi connectivity index (χ3v) is 3.96.